The highest BCUT2D eigenvalue weighted by molar-refractivity contribution is 7.22. The molecule has 1 fully saturated rings. The van der Waals surface area contributed by atoms with E-state index in [1.165, 1.54) is 11.3 Å². The Balaban J connectivity index is 1.60. The number of aromatic nitrogens is 3. The van der Waals surface area contributed by atoms with Crippen molar-refractivity contribution in [2.75, 3.05) is 18.8 Å². The van der Waals surface area contributed by atoms with Gasteiger partial charge in [-0.3, -0.25) is 4.68 Å². The third-order valence-electron chi connectivity index (χ3n) is 4.84. The van der Waals surface area contributed by atoms with Crippen molar-refractivity contribution in [3.8, 4) is 17.2 Å². The molecular weight excluding hydrogens is 388 g/mol. The van der Waals surface area contributed by atoms with Gasteiger partial charge in [0.2, 0.25) is 0 Å². The Bertz CT molecular complexity index is 1110. The quantitative estimate of drug-likeness (QED) is 0.706. The van der Waals surface area contributed by atoms with E-state index in [0.717, 1.165) is 21.3 Å². The van der Waals surface area contributed by atoms with Crippen molar-refractivity contribution in [2.24, 2.45) is 0 Å². The summed E-state index contributed by atoms with van der Waals surface area (Å²) in [6.07, 6.45) is 3.59. The lowest BCUT2D eigenvalue weighted by Gasteiger charge is -2.48. The number of anilines is 1. The topological polar surface area (TPSA) is 110 Å². The van der Waals surface area contributed by atoms with Crippen molar-refractivity contribution in [1.82, 2.24) is 19.7 Å². The first-order chi connectivity index (χ1) is 13.7. The Morgan fingerprint density at radius 2 is 2.17 bits per heavy atom. The van der Waals surface area contributed by atoms with Crippen LogP contribution in [0.4, 0.5) is 9.93 Å². The van der Waals surface area contributed by atoms with Crippen molar-refractivity contribution in [2.45, 2.75) is 38.3 Å². The van der Waals surface area contributed by atoms with E-state index in [2.05, 4.69) is 16.2 Å². The molecule has 0 bridgehead atoms. The molecule has 150 valence electrons. The molecule has 9 heteroatoms. The Kier molecular flexibility index (Phi) is 4.46. The lowest BCUT2D eigenvalue weighted by molar-refractivity contribution is -0.0314. The first-order valence-corrected chi connectivity index (χ1v) is 10.1. The number of thiazole rings is 1. The van der Waals surface area contributed by atoms with Gasteiger partial charge >= 0.3 is 6.09 Å². The van der Waals surface area contributed by atoms with Crippen LogP contribution in [-0.4, -0.2) is 44.4 Å². The molecule has 1 aromatic carbocycles. The van der Waals surface area contributed by atoms with Gasteiger partial charge in [0.1, 0.15) is 11.1 Å². The number of likely N-dealkylation sites (tertiary alicyclic amines) is 1. The van der Waals surface area contributed by atoms with Crippen LogP contribution in [0.25, 0.3) is 21.3 Å². The van der Waals surface area contributed by atoms with E-state index in [1.807, 2.05) is 45.2 Å². The predicted molar refractivity (Wildman–Crippen MR) is 111 cm³/mol. The third kappa shape index (κ3) is 3.51. The van der Waals surface area contributed by atoms with Gasteiger partial charge in [-0.05, 0) is 26.8 Å². The third-order valence-corrected chi connectivity index (χ3v) is 5.77. The molecule has 1 aliphatic rings. The van der Waals surface area contributed by atoms with Crippen LogP contribution in [0.2, 0.25) is 0 Å². The minimum atomic E-state index is -0.557. The molecule has 2 N–H and O–H groups in total. The number of nitriles is 1. The van der Waals surface area contributed by atoms with Crippen LogP contribution in [0.1, 0.15) is 27.2 Å². The monoisotopic (exact) mass is 410 g/mol. The van der Waals surface area contributed by atoms with E-state index >= 15 is 0 Å². The predicted octanol–water partition coefficient (Wildman–Crippen LogP) is 3.60. The van der Waals surface area contributed by atoms with E-state index in [1.54, 1.807) is 15.8 Å². The van der Waals surface area contributed by atoms with Crippen molar-refractivity contribution < 1.29 is 9.53 Å². The normalized spacial score (nSPS) is 15.7. The number of fused-ring (bicyclic) bond motifs is 1. The molecule has 29 heavy (non-hydrogen) atoms. The van der Waals surface area contributed by atoms with Crippen LogP contribution in [0.15, 0.2) is 30.6 Å². The summed E-state index contributed by atoms with van der Waals surface area (Å²) in [6.45, 7) is 6.27. The van der Waals surface area contributed by atoms with E-state index < -0.39 is 11.1 Å². The number of rotatable bonds is 3. The van der Waals surface area contributed by atoms with Gasteiger partial charge in [-0.25, -0.2) is 9.78 Å². The zero-order chi connectivity index (χ0) is 20.8. The largest absolute Gasteiger partial charge is 0.444 e. The van der Waals surface area contributed by atoms with E-state index in [4.69, 9.17) is 10.5 Å². The molecule has 1 aliphatic heterocycles. The average Bonchev–Trinajstić information content (AvgIpc) is 3.21. The zero-order valence-electron chi connectivity index (χ0n) is 16.5. The molecule has 0 saturated carbocycles. The molecule has 4 rings (SSSR count). The highest BCUT2D eigenvalue weighted by Gasteiger charge is 2.48. The van der Waals surface area contributed by atoms with Crippen LogP contribution in [0, 0.1) is 11.3 Å². The summed E-state index contributed by atoms with van der Waals surface area (Å²) in [5.41, 5.74) is 7.54. The van der Waals surface area contributed by atoms with E-state index in [9.17, 15) is 10.1 Å². The van der Waals surface area contributed by atoms with Crippen LogP contribution in [0.5, 0.6) is 0 Å². The Morgan fingerprint density at radius 3 is 2.86 bits per heavy atom. The summed E-state index contributed by atoms with van der Waals surface area (Å²) in [5.74, 6) is 0. The molecular formula is C20H22N6O2S. The maximum absolute atomic E-state index is 12.3. The Hall–Kier alpha value is -3.12. The second-order valence-corrected chi connectivity index (χ2v) is 9.31. The molecule has 2 aromatic heterocycles. The second-order valence-electron chi connectivity index (χ2n) is 8.28. The van der Waals surface area contributed by atoms with Gasteiger partial charge < -0.3 is 15.4 Å². The number of amides is 1. The van der Waals surface area contributed by atoms with Gasteiger partial charge in [0.25, 0.3) is 0 Å². The number of nitrogen functional groups attached to an aromatic ring is 1. The van der Waals surface area contributed by atoms with Crippen molar-refractivity contribution in [3.63, 3.8) is 0 Å². The van der Waals surface area contributed by atoms with Gasteiger partial charge in [-0.1, -0.05) is 23.5 Å². The maximum Gasteiger partial charge on any atom is 0.410 e. The zero-order valence-corrected chi connectivity index (χ0v) is 17.4. The van der Waals surface area contributed by atoms with Crippen molar-refractivity contribution in [3.05, 3.63) is 30.6 Å². The summed E-state index contributed by atoms with van der Waals surface area (Å²) in [7, 11) is 0. The number of benzene rings is 1. The van der Waals surface area contributed by atoms with Gasteiger partial charge in [0.15, 0.2) is 5.13 Å². The smallest absolute Gasteiger partial charge is 0.410 e. The number of hydrogen-bond acceptors (Lipinski definition) is 7. The van der Waals surface area contributed by atoms with Crippen LogP contribution in [-0.2, 0) is 10.3 Å². The number of nitrogens with zero attached hydrogens (tertiary/aromatic N) is 5. The molecule has 0 radical (unpaired) electrons. The fourth-order valence-corrected chi connectivity index (χ4v) is 4.39. The summed E-state index contributed by atoms with van der Waals surface area (Å²) in [6, 6.07) is 8.11. The van der Waals surface area contributed by atoms with Crippen LogP contribution >= 0.6 is 11.3 Å². The Labute approximate surface area is 172 Å². The summed E-state index contributed by atoms with van der Waals surface area (Å²) < 4.78 is 8.23. The summed E-state index contributed by atoms with van der Waals surface area (Å²) in [5, 5.41) is 14.4. The highest BCUT2D eigenvalue weighted by atomic mass is 32.1. The summed E-state index contributed by atoms with van der Waals surface area (Å²) >= 11 is 1.44. The van der Waals surface area contributed by atoms with Gasteiger partial charge in [0, 0.05) is 17.3 Å². The first kappa shape index (κ1) is 19.2. The molecule has 1 saturated heterocycles. The fourth-order valence-electron chi connectivity index (χ4n) is 3.52. The number of hydrogen-bond donors (Lipinski definition) is 1. The Morgan fingerprint density at radius 1 is 1.41 bits per heavy atom. The van der Waals surface area contributed by atoms with Gasteiger partial charge in [-0.2, -0.15) is 10.4 Å². The van der Waals surface area contributed by atoms with E-state index in [0.29, 0.717) is 18.2 Å². The minimum Gasteiger partial charge on any atom is -0.444 e. The fraction of sp³-hybridized carbons (Fsp3) is 0.400. The van der Waals surface area contributed by atoms with Gasteiger partial charge in [0.05, 0.1) is 42.0 Å². The lowest BCUT2D eigenvalue weighted by Crippen LogP contribution is -2.64. The molecule has 0 atom stereocenters. The second kappa shape index (κ2) is 6.74. The molecule has 0 unspecified atom stereocenters. The highest BCUT2D eigenvalue weighted by Crippen LogP contribution is 2.37. The number of carbonyl (C=O) groups excluding carboxylic acids is 1. The van der Waals surface area contributed by atoms with Crippen LogP contribution in [0.3, 0.4) is 0 Å². The molecule has 0 spiro atoms. The standard InChI is InChI=1S/C20H22N6O2S/c1-19(2,3)28-18(27)25-11-20(12-25,7-8-21)26-10-13(9-23-26)14-5-4-6-15-16(14)29-17(22)24-15/h4-6,9-10H,7,11-12H2,1-3H3,(H2,22,24). The molecule has 1 amide bonds. The molecule has 3 heterocycles. The molecule has 3 aromatic rings. The first-order valence-electron chi connectivity index (χ1n) is 9.26. The van der Waals surface area contributed by atoms with Crippen LogP contribution < -0.4 is 5.73 Å². The van der Waals surface area contributed by atoms with Crippen molar-refractivity contribution in [1.29, 1.82) is 5.26 Å². The molecule has 0 aliphatic carbocycles. The van der Waals surface area contributed by atoms with Gasteiger partial charge in [-0.15, -0.1) is 0 Å². The molecule has 8 nitrogen and oxygen atoms in total. The maximum atomic E-state index is 12.3. The van der Waals surface area contributed by atoms with Crippen molar-refractivity contribution >= 4 is 32.8 Å². The number of carbonyl (C=O) groups is 1. The SMILES string of the molecule is CC(C)(C)OC(=O)N1CC(CC#N)(n2cc(-c3cccc4nc(N)sc34)cn2)C1. The minimum absolute atomic E-state index is 0.255. The van der Waals surface area contributed by atoms with E-state index in [-0.39, 0.29) is 12.5 Å². The number of nitrogens with two attached hydrogens (primary N) is 1. The number of ether oxygens (including phenoxy) is 1. The summed E-state index contributed by atoms with van der Waals surface area (Å²) in [4.78, 5) is 18.3. The lowest BCUT2D eigenvalue weighted by atomic mass is 9.87. The average molecular weight is 411 g/mol.